The maximum atomic E-state index is 12.7. The van der Waals surface area contributed by atoms with Crippen molar-refractivity contribution in [1.29, 1.82) is 0 Å². The van der Waals surface area contributed by atoms with E-state index < -0.39 is 0 Å². The Bertz CT molecular complexity index is 740. The minimum absolute atomic E-state index is 0.231. The Morgan fingerprint density at radius 3 is 2.52 bits per heavy atom. The highest BCUT2D eigenvalue weighted by molar-refractivity contribution is 7.17. The number of likely N-dealkylation sites (tertiary alicyclic amines) is 1. The predicted octanol–water partition coefficient (Wildman–Crippen LogP) is 4.84. The van der Waals surface area contributed by atoms with Crippen molar-refractivity contribution >= 4 is 17.2 Å². The second kappa shape index (κ2) is 6.12. The highest BCUT2D eigenvalue weighted by Gasteiger charge is 2.23. The monoisotopic (exact) mass is 325 g/mol. The molecule has 1 aromatic carbocycles. The average Bonchev–Trinajstić information content (AvgIpc) is 3.23. The van der Waals surface area contributed by atoms with Gasteiger partial charge in [0.25, 0.3) is 5.91 Å². The molecule has 2 nitrogen and oxygen atoms in total. The summed E-state index contributed by atoms with van der Waals surface area (Å²) in [6, 6.07) is 9.07. The molecule has 0 saturated carbocycles. The molecule has 2 aromatic rings. The van der Waals surface area contributed by atoms with Crippen LogP contribution < -0.4 is 0 Å². The summed E-state index contributed by atoms with van der Waals surface area (Å²) in [5.74, 6) is 0.231. The van der Waals surface area contributed by atoms with Gasteiger partial charge in [-0.15, -0.1) is 11.3 Å². The van der Waals surface area contributed by atoms with E-state index in [1.165, 1.54) is 47.3 Å². The van der Waals surface area contributed by atoms with Crippen LogP contribution in [0.3, 0.4) is 0 Å². The van der Waals surface area contributed by atoms with Gasteiger partial charge in [0.05, 0.1) is 4.88 Å². The number of hydrogen-bond donors (Lipinski definition) is 0. The number of carbonyl (C=O) groups excluding carboxylic acids is 1. The van der Waals surface area contributed by atoms with E-state index in [1.807, 2.05) is 4.90 Å². The van der Waals surface area contributed by atoms with Crippen molar-refractivity contribution in [3.63, 3.8) is 0 Å². The molecule has 2 aliphatic rings. The van der Waals surface area contributed by atoms with Crippen LogP contribution in [0.4, 0.5) is 0 Å². The molecule has 4 rings (SSSR count). The molecule has 1 saturated heterocycles. The van der Waals surface area contributed by atoms with Crippen LogP contribution in [-0.4, -0.2) is 23.9 Å². The van der Waals surface area contributed by atoms with Crippen molar-refractivity contribution in [2.24, 2.45) is 0 Å². The number of fused-ring (bicyclic) bond motifs is 1. The Hall–Kier alpha value is -1.61. The Morgan fingerprint density at radius 1 is 1.00 bits per heavy atom. The third-order valence-electron chi connectivity index (χ3n) is 5.14. The molecule has 0 bridgehead atoms. The highest BCUT2D eigenvalue weighted by atomic mass is 32.1. The van der Waals surface area contributed by atoms with Gasteiger partial charge < -0.3 is 4.90 Å². The van der Waals surface area contributed by atoms with Crippen LogP contribution in [0.1, 0.15) is 52.0 Å². The number of aryl methyl sites for hydroxylation is 3. The maximum absolute atomic E-state index is 12.7. The number of amides is 1. The van der Waals surface area contributed by atoms with Crippen LogP contribution >= 0.6 is 11.3 Å². The molecule has 1 amide bonds. The van der Waals surface area contributed by atoms with Gasteiger partial charge in [-0.2, -0.15) is 0 Å². The molecule has 0 N–H and O–H groups in total. The van der Waals surface area contributed by atoms with Gasteiger partial charge in [-0.25, -0.2) is 0 Å². The van der Waals surface area contributed by atoms with Gasteiger partial charge in [-0.3, -0.25) is 4.79 Å². The zero-order valence-corrected chi connectivity index (χ0v) is 14.5. The summed E-state index contributed by atoms with van der Waals surface area (Å²) < 4.78 is 0. The van der Waals surface area contributed by atoms with E-state index >= 15 is 0 Å². The van der Waals surface area contributed by atoms with E-state index in [4.69, 9.17) is 0 Å². The quantitative estimate of drug-likeness (QED) is 0.774. The van der Waals surface area contributed by atoms with E-state index in [1.54, 1.807) is 11.3 Å². The lowest BCUT2D eigenvalue weighted by Gasteiger charge is -2.16. The molecule has 1 aliphatic heterocycles. The Morgan fingerprint density at radius 2 is 1.74 bits per heavy atom. The number of carbonyl (C=O) groups is 1. The van der Waals surface area contributed by atoms with Crippen molar-refractivity contribution in [2.75, 3.05) is 13.1 Å². The van der Waals surface area contributed by atoms with Gasteiger partial charge in [0.1, 0.15) is 0 Å². The lowest BCUT2D eigenvalue weighted by atomic mass is 9.90. The molecule has 1 aliphatic carbocycles. The van der Waals surface area contributed by atoms with Crippen LogP contribution in [0.15, 0.2) is 24.3 Å². The van der Waals surface area contributed by atoms with Gasteiger partial charge in [-0.05, 0) is 73.8 Å². The van der Waals surface area contributed by atoms with Crippen LogP contribution in [0, 0.1) is 6.92 Å². The molecule has 0 unspecified atom stereocenters. The first-order valence-electron chi connectivity index (χ1n) is 8.74. The molecule has 23 heavy (non-hydrogen) atoms. The largest absolute Gasteiger partial charge is 0.338 e. The fourth-order valence-electron chi connectivity index (χ4n) is 3.79. The van der Waals surface area contributed by atoms with E-state index in [0.29, 0.717) is 0 Å². The molecule has 3 heteroatoms. The second-order valence-electron chi connectivity index (χ2n) is 6.81. The number of hydrogen-bond acceptors (Lipinski definition) is 2. The summed E-state index contributed by atoms with van der Waals surface area (Å²) in [6.07, 6.45) is 7.34. The summed E-state index contributed by atoms with van der Waals surface area (Å²) in [4.78, 5) is 16.9. The predicted molar refractivity (Wildman–Crippen MR) is 96.3 cm³/mol. The number of nitrogens with zero attached hydrogens (tertiary/aromatic N) is 1. The zero-order valence-electron chi connectivity index (χ0n) is 13.7. The Balaban J connectivity index is 1.65. The van der Waals surface area contributed by atoms with E-state index in [9.17, 15) is 4.79 Å². The number of benzene rings is 1. The van der Waals surface area contributed by atoms with Crippen molar-refractivity contribution < 1.29 is 4.79 Å². The Kier molecular flexibility index (Phi) is 3.98. The standard InChI is InChI=1S/C20H23NOS/c1-14-12-18(23-19(14)20(22)21-10-4-5-11-21)17-9-8-15-6-2-3-7-16(15)13-17/h8-9,12-13H,2-7,10-11H2,1H3. The fraction of sp³-hybridized carbons (Fsp3) is 0.450. The maximum Gasteiger partial charge on any atom is 0.264 e. The number of rotatable bonds is 2. The molecule has 1 fully saturated rings. The van der Waals surface area contributed by atoms with Crippen LogP contribution in [0.25, 0.3) is 10.4 Å². The van der Waals surface area contributed by atoms with Gasteiger partial charge in [0, 0.05) is 18.0 Å². The molecule has 1 aromatic heterocycles. The minimum Gasteiger partial charge on any atom is -0.338 e. The third-order valence-corrected chi connectivity index (χ3v) is 6.41. The second-order valence-corrected chi connectivity index (χ2v) is 7.86. The van der Waals surface area contributed by atoms with Gasteiger partial charge in [-0.1, -0.05) is 18.2 Å². The van der Waals surface area contributed by atoms with Crippen molar-refractivity contribution in [2.45, 2.75) is 45.4 Å². The van der Waals surface area contributed by atoms with E-state index in [-0.39, 0.29) is 5.91 Å². The topological polar surface area (TPSA) is 20.3 Å². The smallest absolute Gasteiger partial charge is 0.264 e. The zero-order chi connectivity index (χ0) is 15.8. The summed E-state index contributed by atoms with van der Waals surface area (Å²) in [5, 5.41) is 0. The van der Waals surface area contributed by atoms with Crippen molar-refractivity contribution in [1.82, 2.24) is 4.90 Å². The highest BCUT2D eigenvalue weighted by Crippen LogP contribution is 2.34. The lowest BCUT2D eigenvalue weighted by molar-refractivity contribution is 0.0797. The van der Waals surface area contributed by atoms with Crippen LogP contribution in [0.5, 0.6) is 0 Å². The molecule has 0 spiro atoms. The van der Waals surface area contributed by atoms with E-state index in [0.717, 1.165) is 36.4 Å². The van der Waals surface area contributed by atoms with Gasteiger partial charge in [0.2, 0.25) is 0 Å². The summed E-state index contributed by atoms with van der Waals surface area (Å²) in [5.41, 5.74) is 5.42. The Labute approximate surface area is 142 Å². The molecular formula is C20H23NOS. The first kappa shape index (κ1) is 14.9. The SMILES string of the molecule is Cc1cc(-c2ccc3c(c2)CCCC3)sc1C(=O)N1CCCC1. The summed E-state index contributed by atoms with van der Waals surface area (Å²) in [7, 11) is 0. The molecular weight excluding hydrogens is 302 g/mol. The minimum atomic E-state index is 0.231. The molecule has 0 radical (unpaired) electrons. The first-order valence-corrected chi connectivity index (χ1v) is 9.56. The third kappa shape index (κ3) is 2.83. The molecule has 2 heterocycles. The lowest BCUT2D eigenvalue weighted by Crippen LogP contribution is -2.27. The van der Waals surface area contributed by atoms with Gasteiger partial charge in [0.15, 0.2) is 0 Å². The molecule has 120 valence electrons. The van der Waals surface area contributed by atoms with Crippen LogP contribution in [0.2, 0.25) is 0 Å². The number of thiophene rings is 1. The normalized spacial score (nSPS) is 17.3. The fourth-order valence-corrected chi connectivity index (χ4v) is 4.92. The summed E-state index contributed by atoms with van der Waals surface area (Å²) in [6.45, 7) is 3.91. The first-order chi connectivity index (χ1) is 11.2. The van der Waals surface area contributed by atoms with Gasteiger partial charge >= 0.3 is 0 Å². The molecule has 0 atom stereocenters. The average molecular weight is 325 g/mol. The van der Waals surface area contributed by atoms with E-state index in [2.05, 4.69) is 31.2 Å². The van der Waals surface area contributed by atoms with Crippen molar-refractivity contribution in [3.8, 4) is 10.4 Å². The summed E-state index contributed by atoms with van der Waals surface area (Å²) >= 11 is 1.67. The van der Waals surface area contributed by atoms with Crippen molar-refractivity contribution in [3.05, 3.63) is 45.8 Å². The van der Waals surface area contributed by atoms with Crippen LogP contribution in [-0.2, 0) is 12.8 Å².